The molecule has 0 aromatic heterocycles. The molecule has 7 nitrogen and oxygen atoms in total. The van der Waals surface area contributed by atoms with Crippen molar-refractivity contribution in [3.05, 3.63) is 165 Å². The van der Waals surface area contributed by atoms with Gasteiger partial charge in [-0.25, -0.2) is 9.69 Å². The molecule has 0 aliphatic carbocycles. The smallest absolute Gasteiger partial charge is 0.335 e. The van der Waals surface area contributed by atoms with Gasteiger partial charge in [-0.1, -0.05) is 102 Å². The van der Waals surface area contributed by atoms with E-state index in [0.29, 0.717) is 22.0 Å². The molecular weight excluding hydrogens is 658 g/mol. The Morgan fingerprint density at radius 3 is 2.00 bits per heavy atom. The number of hydrogen-bond acceptors (Lipinski definition) is 5. The maximum Gasteiger partial charge on any atom is 0.335 e. The van der Waals surface area contributed by atoms with E-state index in [9.17, 15) is 14.4 Å². The highest BCUT2D eigenvalue weighted by Crippen LogP contribution is 2.50. The van der Waals surface area contributed by atoms with Gasteiger partial charge in [-0.3, -0.25) is 14.9 Å². The molecule has 4 amide bonds. The van der Waals surface area contributed by atoms with E-state index in [0.717, 1.165) is 53.1 Å². The zero-order valence-corrected chi connectivity index (χ0v) is 28.9. The summed E-state index contributed by atoms with van der Waals surface area (Å²) in [5.41, 5.74) is 8.48. The maximum absolute atomic E-state index is 14.4. The Kier molecular flexibility index (Phi) is 8.66. The van der Waals surface area contributed by atoms with Gasteiger partial charge in [0.2, 0.25) is 0 Å². The fourth-order valence-electron chi connectivity index (χ4n) is 7.63. The van der Waals surface area contributed by atoms with Crippen LogP contribution in [-0.2, 0) is 16.2 Å². The van der Waals surface area contributed by atoms with Crippen molar-refractivity contribution < 1.29 is 19.1 Å². The number of carbonyl (C=O) groups is 3. The van der Waals surface area contributed by atoms with Crippen molar-refractivity contribution >= 4 is 46.9 Å². The molecule has 1 saturated heterocycles. The third-order valence-corrected chi connectivity index (χ3v) is 10.4. The van der Waals surface area contributed by atoms with Crippen molar-refractivity contribution in [2.75, 3.05) is 22.9 Å². The number of nitrogens with zero attached hydrogens (tertiary/aromatic N) is 2. The summed E-state index contributed by atoms with van der Waals surface area (Å²) in [5.74, 6) is -0.891. The highest BCUT2D eigenvalue weighted by atomic mass is 35.5. The average Bonchev–Trinajstić information content (AvgIpc) is 3.14. The quantitative estimate of drug-likeness (QED) is 0.136. The molecule has 1 fully saturated rings. The number of barbiturate groups is 1. The lowest BCUT2D eigenvalue weighted by Crippen LogP contribution is -2.54. The lowest BCUT2D eigenvalue weighted by atomic mass is 9.76. The van der Waals surface area contributed by atoms with Crippen LogP contribution in [0.1, 0.15) is 63.6 Å². The first kappa shape index (κ1) is 32.5. The Labute approximate surface area is 302 Å². The molecule has 8 heteroatoms. The number of amides is 4. The van der Waals surface area contributed by atoms with Crippen LogP contribution in [0.2, 0.25) is 5.02 Å². The number of halogens is 1. The van der Waals surface area contributed by atoms with Crippen LogP contribution in [0.4, 0.5) is 16.2 Å². The number of hydrogen-bond donors (Lipinski definition) is 1. The molecule has 51 heavy (non-hydrogen) atoms. The van der Waals surface area contributed by atoms with Crippen molar-refractivity contribution in [3.8, 4) is 5.75 Å². The Morgan fingerprint density at radius 1 is 0.784 bits per heavy atom. The standard InChI is InChI=1S/C43H36ClN3O4/c1-27-12-14-28(15-13-27)26-51-39-17-16-32(44)22-31(39)23-38-41(48)45-43(50)47(42(38)49)33-24-36-34(29-8-4-2-5-9-29)18-20-46-21-19-35(37(25-33)40(36)46)30-10-6-3-7-11-30/h2-17,22-25,34-35H,18-21,26H2,1H3,(H,45,48,50)/b38-23+/t34-,35-/m0/s1. The summed E-state index contributed by atoms with van der Waals surface area (Å²) in [5, 5.41) is 2.84. The van der Waals surface area contributed by atoms with Crippen molar-refractivity contribution in [1.82, 2.24) is 5.32 Å². The van der Waals surface area contributed by atoms with Gasteiger partial charge in [-0.05, 0) is 84.0 Å². The minimum absolute atomic E-state index is 0.0740. The van der Waals surface area contributed by atoms with E-state index < -0.39 is 17.8 Å². The second-order valence-corrected chi connectivity index (χ2v) is 13.8. The van der Waals surface area contributed by atoms with E-state index >= 15 is 0 Å². The third-order valence-electron chi connectivity index (χ3n) is 10.1. The number of urea groups is 1. The van der Waals surface area contributed by atoms with Gasteiger partial charge in [0, 0.05) is 41.2 Å². The first-order chi connectivity index (χ1) is 24.8. The molecule has 0 radical (unpaired) electrons. The zero-order valence-electron chi connectivity index (χ0n) is 28.1. The molecule has 5 aromatic rings. The van der Waals surface area contributed by atoms with Gasteiger partial charge in [0.1, 0.15) is 17.9 Å². The van der Waals surface area contributed by atoms with E-state index in [1.807, 2.05) is 79.7 Å². The second kappa shape index (κ2) is 13.6. The summed E-state index contributed by atoms with van der Waals surface area (Å²) >= 11 is 6.40. The molecule has 3 heterocycles. The van der Waals surface area contributed by atoms with Gasteiger partial charge in [0.15, 0.2) is 0 Å². The second-order valence-electron chi connectivity index (χ2n) is 13.4. The van der Waals surface area contributed by atoms with Gasteiger partial charge < -0.3 is 9.64 Å². The number of carbonyl (C=O) groups excluding carboxylic acids is 3. The average molecular weight is 694 g/mol. The Morgan fingerprint density at radius 2 is 1.39 bits per heavy atom. The monoisotopic (exact) mass is 693 g/mol. The molecule has 8 rings (SSSR count). The molecule has 1 N–H and O–H groups in total. The first-order valence-corrected chi connectivity index (χ1v) is 17.6. The Bertz CT molecular complexity index is 2110. The zero-order chi connectivity index (χ0) is 35.1. The topological polar surface area (TPSA) is 79.0 Å². The van der Waals surface area contributed by atoms with Crippen LogP contribution in [-0.4, -0.2) is 30.9 Å². The molecule has 0 saturated carbocycles. The predicted molar refractivity (Wildman–Crippen MR) is 200 cm³/mol. The molecule has 254 valence electrons. The molecular formula is C43H36ClN3O4. The van der Waals surface area contributed by atoms with Gasteiger partial charge in [0.25, 0.3) is 11.8 Å². The van der Waals surface area contributed by atoms with E-state index in [-0.39, 0.29) is 24.0 Å². The Balaban J connectivity index is 1.21. The van der Waals surface area contributed by atoms with Crippen LogP contribution in [0.5, 0.6) is 5.75 Å². The highest BCUT2D eigenvalue weighted by Gasteiger charge is 2.40. The number of ether oxygens (including phenoxy) is 1. The molecule has 0 spiro atoms. The molecule has 3 aliphatic rings. The first-order valence-electron chi connectivity index (χ1n) is 17.3. The van der Waals surface area contributed by atoms with Crippen LogP contribution in [0, 0.1) is 6.92 Å². The number of rotatable bonds is 7. The summed E-state index contributed by atoms with van der Waals surface area (Å²) in [6.45, 7) is 4.13. The summed E-state index contributed by atoms with van der Waals surface area (Å²) in [7, 11) is 0. The van der Waals surface area contributed by atoms with E-state index in [2.05, 4.69) is 34.5 Å². The van der Waals surface area contributed by atoms with Crippen LogP contribution >= 0.6 is 11.6 Å². The fraction of sp³-hybridized carbons (Fsp3) is 0.186. The minimum Gasteiger partial charge on any atom is -0.488 e. The van der Waals surface area contributed by atoms with Gasteiger partial charge in [0.05, 0.1) is 5.69 Å². The summed E-state index contributed by atoms with van der Waals surface area (Å²) in [4.78, 5) is 45.0. The minimum atomic E-state index is -0.785. The predicted octanol–water partition coefficient (Wildman–Crippen LogP) is 8.77. The highest BCUT2D eigenvalue weighted by molar-refractivity contribution is 6.39. The number of imide groups is 2. The van der Waals surface area contributed by atoms with Crippen molar-refractivity contribution in [2.24, 2.45) is 0 Å². The van der Waals surface area contributed by atoms with Crippen molar-refractivity contribution in [2.45, 2.75) is 38.2 Å². The summed E-state index contributed by atoms with van der Waals surface area (Å²) in [6.07, 6.45) is 3.26. The van der Waals surface area contributed by atoms with E-state index in [1.54, 1.807) is 18.2 Å². The number of aryl methyl sites for hydroxylation is 1. The lowest BCUT2D eigenvalue weighted by Gasteiger charge is -2.44. The third kappa shape index (κ3) is 6.30. The molecule has 0 bridgehead atoms. The fourth-order valence-corrected chi connectivity index (χ4v) is 7.81. The number of nitrogens with one attached hydrogen (secondary N) is 1. The summed E-state index contributed by atoms with van der Waals surface area (Å²) in [6, 6.07) is 37.0. The molecule has 0 unspecified atom stereocenters. The molecule has 3 aliphatic heterocycles. The van der Waals surface area contributed by atoms with Crippen molar-refractivity contribution in [3.63, 3.8) is 0 Å². The van der Waals surface area contributed by atoms with Crippen LogP contribution in [0.25, 0.3) is 6.08 Å². The lowest BCUT2D eigenvalue weighted by molar-refractivity contribution is -0.122. The van der Waals surface area contributed by atoms with Crippen molar-refractivity contribution in [1.29, 1.82) is 0 Å². The van der Waals surface area contributed by atoms with E-state index in [4.69, 9.17) is 16.3 Å². The number of benzene rings is 5. The summed E-state index contributed by atoms with van der Waals surface area (Å²) < 4.78 is 6.15. The molecule has 2 atom stereocenters. The number of anilines is 2. The van der Waals surface area contributed by atoms with Crippen LogP contribution in [0.3, 0.4) is 0 Å². The van der Waals surface area contributed by atoms with Crippen LogP contribution in [0.15, 0.2) is 121 Å². The van der Waals surface area contributed by atoms with E-state index in [1.165, 1.54) is 22.9 Å². The van der Waals surface area contributed by atoms with Crippen LogP contribution < -0.4 is 19.9 Å². The maximum atomic E-state index is 14.4. The largest absolute Gasteiger partial charge is 0.488 e. The van der Waals surface area contributed by atoms with Gasteiger partial charge in [-0.2, -0.15) is 0 Å². The normalized spacial score (nSPS) is 19.2. The Hall–Kier alpha value is -5.66. The van der Waals surface area contributed by atoms with Gasteiger partial charge in [-0.15, -0.1) is 0 Å². The molecule has 5 aromatic carbocycles. The van der Waals surface area contributed by atoms with Gasteiger partial charge >= 0.3 is 6.03 Å². The SMILES string of the molecule is Cc1ccc(COc2ccc(Cl)cc2/C=C2\C(=O)NC(=O)N(c3cc4c5c(c3)[C@H](c3ccccc3)CCN5CC[C@H]4c3ccccc3)C2=O)cc1.